The fraction of sp³-hybridized carbons (Fsp3) is 0.895. The largest absolute Gasteiger partial charge is 0.466 e. The molecular weight excluding hydrogens is 320 g/mol. The fourth-order valence-electron chi connectivity index (χ4n) is 5.12. The number of carbonyl (C=O) groups excluding carboxylic acids is 2. The van der Waals surface area contributed by atoms with Gasteiger partial charge < -0.3 is 14.4 Å². The van der Waals surface area contributed by atoms with E-state index < -0.39 is 5.60 Å². The van der Waals surface area contributed by atoms with E-state index in [1.807, 2.05) is 32.6 Å². The number of amides is 1. The van der Waals surface area contributed by atoms with E-state index >= 15 is 0 Å². The standard InChI is InChI=1S/C19H30N2O4/c1-5-24-16(22)15-13-8-20(9-14(13)15)12-6-19(7-12)10-21(11-19)17(23)25-18(2,3)4/h12-15H,5-11H2,1-4H3/t13-,14+,15-. The Morgan fingerprint density at radius 2 is 1.72 bits per heavy atom. The second-order valence-corrected chi connectivity index (χ2v) is 9.46. The van der Waals surface area contributed by atoms with Crippen LogP contribution in [0.25, 0.3) is 0 Å². The Morgan fingerprint density at radius 1 is 1.12 bits per heavy atom. The Bertz CT molecular complexity index is 558. The Hall–Kier alpha value is -1.30. The van der Waals surface area contributed by atoms with Crippen molar-refractivity contribution in [1.29, 1.82) is 0 Å². The molecule has 4 aliphatic rings. The summed E-state index contributed by atoms with van der Waals surface area (Å²) in [6.07, 6.45) is 2.17. The first-order valence-corrected chi connectivity index (χ1v) is 9.60. The molecule has 1 spiro atoms. The van der Waals surface area contributed by atoms with Crippen LogP contribution in [0.15, 0.2) is 0 Å². The number of nitrogens with zero attached hydrogens (tertiary/aromatic N) is 2. The quantitative estimate of drug-likeness (QED) is 0.730. The smallest absolute Gasteiger partial charge is 0.410 e. The normalized spacial score (nSPS) is 33.4. The molecule has 0 bridgehead atoms. The Balaban J connectivity index is 1.18. The molecular formula is C19H30N2O4. The van der Waals surface area contributed by atoms with Gasteiger partial charge in [0.05, 0.1) is 12.5 Å². The summed E-state index contributed by atoms with van der Waals surface area (Å²) in [7, 11) is 0. The highest BCUT2D eigenvalue weighted by Gasteiger charge is 2.63. The summed E-state index contributed by atoms with van der Waals surface area (Å²) in [5.41, 5.74) is -0.0943. The van der Waals surface area contributed by atoms with Gasteiger partial charge in [-0.05, 0) is 52.4 Å². The SMILES string of the molecule is CCOC(=O)[C@@H]1[C@@H]2CN(C3CC4(C3)CN(C(=O)OC(C)(C)C)C4)C[C@@H]21. The number of piperidine rings is 1. The van der Waals surface area contributed by atoms with Crippen LogP contribution < -0.4 is 0 Å². The zero-order chi connectivity index (χ0) is 18.0. The molecule has 2 saturated heterocycles. The average Bonchev–Trinajstić information content (AvgIpc) is 2.90. The molecule has 0 N–H and O–H groups in total. The molecule has 2 aliphatic carbocycles. The van der Waals surface area contributed by atoms with Crippen molar-refractivity contribution in [1.82, 2.24) is 9.80 Å². The number of carbonyl (C=O) groups is 2. The van der Waals surface area contributed by atoms with Crippen molar-refractivity contribution in [3.8, 4) is 0 Å². The van der Waals surface area contributed by atoms with Crippen molar-refractivity contribution < 1.29 is 19.1 Å². The Kier molecular flexibility index (Phi) is 3.84. The van der Waals surface area contributed by atoms with Crippen LogP contribution in [0.1, 0.15) is 40.5 Å². The van der Waals surface area contributed by atoms with E-state index in [1.165, 1.54) is 12.8 Å². The summed E-state index contributed by atoms with van der Waals surface area (Å²) in [6, 6.07) is 0.636. The van der Waals surface area contributed by atoms with E-state index in [9.17, 15) is 9.59 Å². The molecule has 2 aliphatic heterocycles. The van der Waals surface area contributed by atoms with E-state index in [-0.39, 0.29) is 18.0 Å². The van der Waals surface area contributed by atoms with Crippen molar-refractivity contribution in [2.75, 3.05) is 32.8 Å². The molecule has 25 heavy (non-hydrogen) atoms. The second-order valence-electron chi connectivity index (χ2n) is 9.46. The number of fused-ring (bicyclic) bond motifs is 1. The lowest BCUT2D eigenvalue weighted by atomic mass is 9.60. The first-order chi connectivity index (χ1) is 11.7. The predicted octanol–water partition coefficient (Wildman–Crippen LogP) is 2.13. The lowest BCUT2D eigenvalue weighted by Crippen LogP contribution is -2.67. The number of hydrogen-bond donors (Lipinski definition) is 0. The Labute approximate surface area is 149 Å². The van der Waals surface area contributed by atoms with Crippen molar-refractivity contribution in [3.05, 3.63) is 0 Å². The van der Waals surface area contributed by atoms with Gasteiger partial charge in [-0.2, -0.15) is 0 Å². The fourth-order valence-corrected chi connectivity index (χ4v) is 5.12. The molecule has 6 nitrogen and oxygen atoms in total. The first kappa shape index (κ1) is 17.1. The average molecular weight is 350 g/mol. The molecule has 0 radical (unpaired) electrons. The van der Waals surface area contributed by atoms with Crippen molar-refractivity contribution >= 4 is 12.1 Å². The summed E-state index contributed by atoms with van der Waals surface area (Å²) in [5.74, 6) is 1.22. The predicted molar refractivity (Wildman–Crippen MR) is 91.9 cm³/mol. The van der Waals surface area contributed by atoms with E-state index in [1.54, 1.807) is 0 Å². The van der Waals surface area contributed by atoms with Gasteiger partial charge in [-0.1, -0.05) is 0 Å². The molecule has 4 fully saturated rings. The maximum Gasteiger partial charge on any atom is 0.410 e. The highest BCUT2D eigenvalue weighted by atomic mass is 16.6. The van der Waals surface area contributed by atoms with E-state index in [2.05, 4.69) is 4.90 Å². The van der Waals surface area contributed by atoms with Crippen molar-refractivity contribution in [3.63, 3.8) is 0 Å². The lowest BCUT2D eigenvalue weighted by Gasteiger charge is -2.60. The molecule has 0 unspecified atom stereocenters. The number of ether oxygens (including phenoxy) is 2. The van der Waals surface area contributed by atoms with Gasteiger partial charge in [0.25, 0.3) is 0 Å². The Morgan fingerprint density at radius 3 is 2.24 bits per heavy atom. The molecule has 3 atom stereocenters. The highest BCUT2D eigenvalue weighted by Crippen LogP contribution is 2.57. The van der Waals surface area contributed by atoms with E-state index in [0.29, 0.717) is 29.9 Å². The number of rotatable bonds is 3. The molecule has 2 heterocycles. The minimum atomic E-state index is -0.423. The van der Waals surface area contributed by atoms with Crippen LogP contribution in [0.5, 0.6) is 0 Å². The van der Waals surface area contributed by atoms with Gasteiger partial charge in [0.15, 0.2) is 0 Å². The van der Waals surface area contributed by atoms with Gasteiger partial charge in [-0.15, -0.1) is 0 Å². The molecule has 6 heteroatoms. The minimum absolute atomic E-state index is 0.00854. The van der Waals surface area contributed by atoms with Crippen LogP contribution in [0.2, 0.25) is 0 Å². The number of likely N-dealkylation sites (tertiary alicyclic amines) is 2. The zero-order valence-corrected chi connectivity index (χ0v) is 15.8. The number of esters is 1. The van der Waals surface area contributed by atoms with Crippen molar-refractivity contribution in [2.45, 2.75) is 52.2 Å². The van der Waals surface area contributed by atoms with Crippen molar-refractivity contribution in [2.24, 2.45) is 23.2 Å². The molecule has 4 rings (SSSR count). The first-order valence-electron chi connectivity index (χ1n) is 9.60. The summed E-state index contributed by atoms with van der Waals surface area (Å²) < 4.78 is 10.6. The van der Waals surface area contributed by atoms with Crippen LogP contribution in [0, 0.1) is 23.2 Å². The molecule has 140 valence electrons. The van der Waals surface area contributed by atoms with E-state index in [0.717, 1.165) is 26.2 Å². The van der Waals surface area contributed by atoms with E-state index in [4.69, 9.17) is 9.47 Å². The van der Waals surface area contributed by atoms with Crippen LogP contribution in [-0.2, 0) is 14.3 Å². The van der Waals surface area contributed by atoms with Gasteiger partial charge in [-0.3, -0.25) is 9.69 Å². The third-order valence-corrected chi connectivity index (χ3v) is 6.34. The summed E-state index contributed by atoms with van der Waals surface area (Å²) in [6.45, 7) is 11.8. The van der Waals surface area contributed by atoms with Crippen LogP contribution >= 0.6 is 0 Å². The zero-order valence-electron chi connectivity index (χ0n) is 15.8. The molecule has 0 aromatic rings. The van der Waals surface area contributed by atoms with Gasteiger partial charge in [0, 0.05) is 37.6 Å². The molecule has 0 aromatic carbocycles. The minimum Gasteiger partial charge on any atom is -0.466 e. The van der Waals surface area contributed by atoms with Gasteiger partial charge in [-0.25, -0.2) is 4.79 Å². The van der Waals surface area contributed by atoms with Crippen LogP contribution in [0.3, 0.4) is 0 Å². The summed E-state index contributed by atoms with van der Waals surface area (Å²) >= 11 is 0. The lowest BCUT2D eigenvalue weighted by molar-refractivity contribution is -0.146. The maximum atomic E-state index is 12.1. The number of hydrogen-bond acceptors (Lipinski definition) is 5. The van der Waals surface area contributed by atoms with Crippen LogP contribution in [0.4, 0.5) is 4.79 Å². The van der Waals surface area contributed by atoms with Crippen LogP contribution in [-0.4, -0.2) is 66.3 Å². The third-order valence-electron chi connectivity index (χ3n) is 6.34. The summed E-state index contributed by atoms with van der Waals surface area (Å²) in [4.78, 5) is 28.3. The van der Waals surface area contributed by atoms with Gasteiger partial charge in [0.1, 0.15) is 5.60 Å². The molecule has 1 amide bonds. The maximum absolute atomic E-state index is 12.1. The van der Waals surface area contributed by atoms with Gasteiger partial charge >= 0.3 is 12.1 Å². The highest BCUT2D eigenvalue weighted by molar-refractivity contribution is 5.77. The topological polar surface area (TPSA) is 59.1 Å². The molecule has 2 saturated carbocycles. The second kappa shape index (κ2) is 5.60. The third kappa shape index (κ3) is 3.03. The monoisotopic (exact) mass is 350 g/mol. The summed E-state index contributed by atoms with van der Waals surface area (Å²) in [5, 5.41) is 0. The molecule has 0 aromatic heterocycles. The van der Waals surface area contributed by atoms with Gasteiger partial charge in [0.2, 0.25) is 0 Å².